The van der Waals surface area contributed by atoms with Crippen LogP contribution in [0.3, 0.4) is 0 Å². The molecule has 600 valence electrons. The highest BCUT2D eigenvalue weighted by Crippen LogP contribution is 2.45. The van der Waals surface area contributed by atoms with Crippen molar-refractivity contribution in [1.29, 1.82) is 0 Å². The Labute approximate surface area is 743 Å². The van der Waals surface area contributed by atoms with Gasteiger partial charge in [-0.15, -0.1) is 0 Å². The molecule has 4 heterocycles. The van der Waals surface area contributed by atoms with E-state index in [4.69, 9.17) is 24.9 Å². The van der Waals surface area contributed by atoms with Crippen molar-refractivity contribution in [3.63, 3.8) is 0 Å². The second kappa shape index (κ2) is 34.3. The van der Waals surface area contributed by atoms with Gasteiger partial charge in [0, 0.05) is 66.3 Å². The van der Waals surface area contributed by atoms with Gasteiger partial charge < -0.3 is 9.13 Å². The highest BCUT2D eigenvalue weighted by atomic mass is 15.0. The molecular weight excluding hydrogens is 1550 g/mol. The molecule has 0 saturated carbocycles. The maximum atomic E-state index is 5.39. The molecule has 0 atom stereocenters. The summed E-state index contributed by atoms with van der Waals surface area (Å²) in [6, 6.07) is 174. The van der Waals surface area contributed by atoms with Crippen LogP contribution in [0.15, 0.2) is 491 Å². The van der Waals surface area contributed by atoms with Crippen molar-refractivity contribution in [2.45, 2.75) is 0 Å². The highest BCUT2D eigenvalue weighted by molar-refractivity contribution is 6.18. The Morgan fingerprint density at radius 2 is 0.367 bits per heavy atom. The Morgan fingerprint density at radius 3 is 0.727 bits per heavy atom. The third-order valence-electron chi connectivity index (χ3n) is 24.2. The summed E-state index contributed by atoms with van der Waals surface area (Å²) < 4.78 is 4.77. The predicted molar refractivity (Wildman–Crippen MR) is 532 cm³/mol. The molecule has 19 aromatic carbocycles. The molecular formula is C121H81N7. The monoisotopic (exact) mass is 1630 g/mol. The Hall–Kier alpha value is -17.1. The SMILES string of the molecule is c1ccc(-c2cc(-c3ccccc3)cc(-c3cccc(-c4cc(-c5ccccc5)nc(-c5cccc(-c6cccc7c6c6cc(-c8ccccc8)ccc6n7-c6ccccc6)c5)n4)c3)c2)cc1.c1ccc(-c2cccc(-c3nc(-c4cccc(-c5ccccc5)c4)nc(-c4cccc(-c5cccc6c5c5cc(-c7ccccc7)ccc5n6-c5ccccc5)c4)n3)c2)cc1. The molecule has 128 heavy (non-hydrogen) atoms. The molecule has 0 aliphatic rings. The van der Waals surface area contributed by atoms with E-state index < -0.39 is 0 Å². The molecule has 0 amide bonds. The summed E-state index contributed by atoms with van der Waals surface area (Å²) in [5.74, 6) is 2.53. The third-order valence-corrected chi connectivity index (χ3v) is 24.2. The first-order chi connectivity index (χ1) is 63.4. The van der Waals surface area contributed by atoms with E-state index in [-0.39, 0.29) is 0 Å². The van der Waals surface area contributed by atoms with Gasteiger partial charge in [-0.05, 0) is 215 Å². The maximum Gasteiger partial charge on any atom is 0.164 e. The van der Waals surface area contributed by atoms with Crippen LogP contribution in [0.2, 0.25) is 0 Å². The van der Waals surface area contributed by atoms with E-state index in [0.717, 1.165) is 128 Å². The van der Waals surface area contributed by atoms with Crippen LogP contribution in [0.1, 0.15) is 0 Å². The first-order valence-corrected chi connectivity index (χ1v) is 43.4. The number of fused-ring (bicyclic) bond motifs is 6. The van der Waals surface area contributed by atoms with Crippen LogP contribution in [0.25, 0.3) is 223 Å². The van der Waals surface area contributed by atoms with Gasteiger partial charge >= 0.3 is 0 Å². The number of nitrogens with zero attached hydrogens (tertiary/aromatic N) is 7. The summed E-state index contributed by atoms with van der Waals surface area (Å²) in [6.07, 6.45) is 0. The van der Waals surface area contributed by atoms with Gasteiger partial charge in [0.25, 0.3) is 0 Å². The zero-order valence-electron chi connectivity index (χ0n) is 69.9. The number of hydrogen-bond acceptors (Lipinski definition) is 5. The van der Waals surface area contributed by atoms with E-state index in [1.807, 2.05) is 18.2 Å². The minimum Gasteiger partial charge on any atom is -0.309 e. The molecule has 0 fully saturated rings. The van der Waals surface area contributed by atoms with Crippen LogP contribution in [-0.4, -0.2) is 34.1 Å². The zero-order valence-corrected chi connectivity index (χ0v) is 69.9. The average molecular weight is 1630 g/mol. The van der Waals surface area contributed by atoms with E-state index in [2.05, 4.69) is 482 Å². The molecule has 0 N–H and O–H groups in total. The van der Waals surface area contributed by atoms with Gasteiger partial charge in [0.05, 0.1) is 33.5 Å². The van der Waals surface area contributed by atoms with Crippen LogP contribution < -0.4 is 0 Å². The lowest BCUT2D eigenvalue weighted by atomic mass is 9.92. The Kier molecular flexibility index (Phi) is 20.6. The average Bonchev–Trinajstić information content (AvgIpc) is 1.58. The van der Waals surface area contributed by atoms with E-state index in [1.54, 1.807) is 0 Å². The summed E-state index contributed by atoms with van der Waals surface area (Å²) in [5.41, 5.74) is 35.1. The standard InChI is InChI=1S/C64H43N3.C57H38N4/c1-6-19-44(20-7-1)49-35-36-61-58(42-49)63-57(33-18-34-62(63)67(61)56-31-14-5-15-32-56)50-28-17-30-52(38-50)64-65-59(47-25-12-4-13-26-47)43-60(66-64)51-29-16-27-48(37-51)55-40-53(45-21-8-2-9-22-45)39-54(41-55)46-23-10-3-11-24-46;1-5-17-39(18-6-1)42-23-13-26-46(35-42)55-58-56(47-27-14-24-43(36-47)40-19-7-2-8-20-40)60-57(59-55)48-28-15-25-45(37-48)50-31-16-32-53-54(50)51-38-44(41-21-9-3-10-22-41)33-34-52(51)61(53)49-29-11-4-12-30-49/h1-43H;1-38H. The third kappa shape index (κ3) is 15.4. The molecule has 0 radical (unpaired) electrons. The lowest BCUT2D eigenvalue weighted by Crippen LogP contribution is -2.00. The lowest BCUT2D eigenvalue weighted by Gasteiger charge is -2.13. The summed E-state index contributed by atoms with van der Waals surface area (Å²) in [6.45, 7) is 0. The number of rotatable bonds is 17. The van der Waals surface area contributed by atoms with Gasteiger partial charge in [0.2, 0.25) is 0 Å². The molecule has 0 saturated heterocycles. The molecule has 4 aromatic heterocycles. The van der Waals surface area contributed by atoms with Crippen molar-refractivity contribution in [3.05, 3.63) is 491 Å². The van der Waals surface area contributed by atoms with Gasteiger partial charge in [0.15, 0.2) is 23.3 Å². The summed E-state index contributed by atoms with van der Waals surface area (Å²) in [7, 11) is 0. The number of benzene rings is 19. The summed E-state index contributed by atoms with van der Waals surface area (Å²) in [4.78, 5) is 26.3. The molecule has 0 aliphatic heterocycles. The Balaban J connectivity index is 0.000000151. The van der Waals surface area contributed by atoms with Crippen molar-refractivity contribution in [3.8, 4) is 180 Å². The molecule has 0 aliphatic carbocycles. The largest absolute Gasteiger partial charge is 0.309 e. The molecule has 7 nitrogen and oxygen atoms in total. The fraction of sp³-hybridized carbons (Fsp3) is 0. The van der Waals surface area contributed by atoms with Crippen LogP contribution in [0.4, 0.5) is 0 Å². The topological polar surface area (TPSA) is 74.3 Å². The normalized spacial score (nSPS) is 11.3. The van der Waals surface area contributed by atoms with E-state index in [0.29, 0.717) is 23.3 Å². The zero-order chi connectivity index (χ0) is 85.1. The second-order valence-corrected chi connectivity index (χ2v) is 32.2. The Morgan fingerprint density at radius 1 is 0.133 bits per heavy atom. The first-order valence-electron chi connectivity index (χ1n) is 43.4. The molecule has 23 rings (SSSR count). The van der Waals surface area contributed by atoms with Crippen molar-refractivity contribution in [1.82, 2.24) is 34.1 Å². The highest BCUT2D eigenvalue weighted by Gasteiger charge is 2.23. The molecule has 0 bridgehead atoms. The van der Waals surface area contributed by atoms with Crippen molar-refractivity contribution in [2.24, 2.45) is 0 Å². The number of hydrogen-bond donors (Lipinski definition) is 0. The minimum atomic E-state index is 0.613. The predicted octanol–water partition coefficient (Wildman–Crippen LogP) is 31.5. The molecule has 7 heteroatoms. The van der Waals surface area contributed by atoms with E-state index >= 15 is 0 Å². The Bertz CT molecular complexity index is 7840. The smallest absolute Gasteiger partial charge is 0.164 e. The second-order valence-electron chi connectivity index (χ2n) is 32.2. The van der Waals surface area contributed by atoms with Crippen LogP contribution in [0, 0.1) is 0 Å². The van der Waals surface area contributed by atoms with E-state index in [1.165, 1.54) is 71.6 Å². The molecule has 0 spiro atoms. The van der Waals surface area contributed by atoms with Gasteiger partial charge in [-0.25, -0.2) is 24.9 Å². The quantitative estimate of drug-likeness (QED) is 0.0908. The summed E-state index contributed by atoms with van der Waals surface area (Å²) in [5, 5.41) is 4.81. The van der Waals surface area contributed by atoms with E-state index in [9.17, 15) is 0 Å². The van der Waals surface area contributed by atoms with Crippen molar-refractivity contribution >= 4 is 43.6 Å². The first kappa shape index (κ1) is 77.0. The van der Waals surface area contributed by atoms with Gasteiger partial charge in [-0.1, -0.05) is 376 Å². The van der Waals surface area contributed by atoms with Crippen molar-refractivity contribution < 1.29 is 0 Å². The fourth-order valence-electron chi connectivity index (χ4n) is 18.0. The van der Waals surface area contributed by atoms with Crippen LogP contribution >= 0.6 is 0 Å². The summed E-state index contributed by atoms with van der Waals surface area (Å²) >= 11 is 0. The van der Waals surface area contributed by atoms with Gasteiger partial charge in [0.1, 0.15) is 0 Å². The maximum absolute atomic E-state index is 5.39. The van der Waals surface area contributed by atoms with Crippen LogP contribution in [0.5, 0.6) is 0 Å². The van der Waals surface area contributed by atoms with Crippen LogP contribution in [-0.2, 0) is 0 Å². The molecule has 23 aromatic rings. The molecule has 0 unspecified atom stereocenters. The lowest BCUT2D eigenvalue weighted by molar-refractivity contribution is 1.07. The number of aromatic nitrogens is 7. The van der Waals surface area contributed by atoms with Crippen molar-refractivity contribution in [2.75, 3.05) is 0 Å². The van der Waals surface area contributed by atoms with Gasteiger partial charge in [-0.2, -0.15) is 0 Å². The number of para-hydroxylation sites is 2. The van der Waals surface area contributed by atoms with Gasteiger partial charge in [-0.3, -0.25) is 0 Å². The minimum absolute atomic E-state index is 0.613. The fourth-order valence-corrected chi connectivity index (χ4v) is 18.0.